The lowest BCUT2D eigenvalue weighted by Gasteiger charge is -2.30. The van der Waals surface area contributed by atoms with Gasteiger partial charge in [0.15, 0.2) is 5.78 Å². The fraction of sp³-hybridized carbons (Fsp3) is 0.226. The molecule has 4 rings (SSSR count). The SMILES string of the molecule is COc1ccc(C(=O)N2CC(=Cc3ccc(N(C)C)cc3)C(=O)C(=Cc3ccc(N(C)C)cc3)C2)cc1. The molecule has 0 bridgehead atoms. The number of ether oxygens (including phenoxy) is 1. The van der Waals surface area contributed by atoms with Gasteiger partial charge in [-0.1, -0.05) is 24.3 Å². The van der Waals surface area contributed by atoms with Crippen molar-refractivity contribution in [3.8, 4) is 5.75 Å². The summed E-state index contributed by atoms with van der Waals surface area (Å²) in [4.78, 5) is 32.8. The number of carbonyl (C=O) groups excluding carboxylic acids is 2. The van der Waals surface area contributed by atoms with Gasteiger partial charge in [0, 0.05) is 56.3 Å². The first-order valence-corrected chi connectivity index (χ1v) is 12.2. The van der Waals surface area contributed by atoms with Crippen LogP contribution in [-0.2, 0) is 4.79 Å². The summed E-state index contributed by atoms with van der Waals surface area (Å²) in [5.74, 6) is 0.527. The number of benzene rings is 3. The number of Topliss-reactive ketones (excluding diaryl/α,β-unsaturated/α-hetero) is 1. The fourth-order valence-corrected chi connectivity index (χ4v) is 4.24. The second-order valence-electron chi connectivity index (χ2n) is 9.53. The number of piperidine rings is 1. The molecule has 1 aliphatic heterocycles. The second kappa shape index (κ2) is 11.2. The molecule has 190 valence electrons. The Labute approximate surface area is 219 Å². The van der Waals surface area contributed by atoms with Crippen LogP contribution in [0.25, 0.3) is 12.2 Å². The van der Waals surface area contributed by atoms with Crippen LogP contribution in [0.2, 0.25) is 0 Å². The Bertz CT molecular complexity index is 1250. The highest BCUT2D eigenvalue weighted by molar-refractivity contribution is 6.16. The molecule has 37 heavy (non-hydrogen) atoms. The van der Waals surface area contributed by atoms with Crippen molar-refractivity contribution in [3.05, 3.63) is 101 Å². The van der Waals surface area contributed by atoms with E-state index in [0.717, 1.165) is 22.5 Å². The van der Waals surface area contributed by atoms with Gasteiger partial charge in [-0.15, -0.1) is 0 Å². The molecule has 0 spiro atoms. The number of rotatable bonds is 6. The van der Waals surface area contributed by atoms with E-state index in [2.05, 4.69) is 0 Å². The van der Waals surface area contributed by atoms with E-state index in [9.17, 15) is 9.59 Å². The first-order valence-electron chi connectivity index (χ1n) is 12.2. The number of ketones is 1. The van der Waals surface area contributed by atoms with Crippen LogP contribution in [0.5, 0.6) is 5.75 Å². The minimum absolute atomic E-state index is 0.0350. The molecule has 0 radical (unpaired) electrons. The molecule has 0 atom stereocenters. The molecule has 0 saturated carbocycles. The molecule has 6 nitrogen and oxygen atoms in total. The zero-order chi connectivity index (χ0) is 26.5. The Morgan fingerprint density at radius 1 is 0.730 bits per heavy atom. The molecule has 1 heterocycles. The van der Waals surface area contributed by atoms with Crippen LogP contribution in [0.4, 0.5) is 11.4 Å². The van der Waals surface area contributed by atoms with Crippen LogP contribution < -0.4 is 14.5 Å². The Hall–Kier alpha value is -4.32. The molecule has 6 heteroatoms. The summed E-state index contributed by atoms with van der Waals surface area (Å²) in [5, 5.41) is 0. The van der Waals surface area contributed by atoms with Gasteiger partial charge in [-0.25, -0.2) is 0 Å². The summed E-state index contributed by atoms with van der Waals surface area (Å²) < 4.78 is 5.23. The van der Waals surface area contributed by atoms with Gasteiger partial charge in [0.05, 0.1) is 20.2 Å². The van der Waals surface area contributed by atoms with Crippen molar-refractivity contribution in [2.75, 3.05) is 58.2 Å². The first-order chi connectivity index (χ1) is 17.7. The van der Waals surface area contributed by atoms with Crippen LogP contribution in [0.15, 0.2) is 83.9 Å². The van der Waals surface area contributed by atoms with Crippen molar-refractivity contribution in [1.82, 2.24) is 4.90 Å². The van der Waals surface area contributed by atoms with Crippen molar-refractivity contribution >= 4 is 35.2 Å². The highest BCUT2D eigenvalue weighted by Gasteiger charge is 2.29. The predicted molar refractivity (Wildman–Crippen MR) is 151 cm³/mol. The number of likely N-dealkylation sites (tertiary alicyclic amines) is 1. The van der Waals surface area contributed by atoms with Crippen molar-refractivity contribution < 1.29 is 14.3 Å². The van der Waals surface area contributed by atoms with Crippen LogP contribution in [0.3, 0.4) is 0 Å². The van der Waals surface area contributed by atoms with E-state index in [-0.39, 0.29) is 24.8 Å². The molecule has 0 unspecified atom stereocenters. The summed E-state index contributed by atoms with van der Waals surface area (Å²) in [7, 11) is 9.55. The Balaban J connectivity index is 1.69. The normalized spacial score (nSPS) is 15.7. The highest BCUT2D eigenvalue weighted by Crippen LogP contribution is 2.25. The van der Waals surface area contributed by atoms with E-state index >= 15 is 0 Å². The number of anilines is 2. The van der Waals surface area contributed by atoms with E-state index in [1.807, 2.05) is 98.7 Å². The molecular weight excluding hydrogens is 462 g/mol. The van der Waals surface area contributed by atoms with Gasteiger partial charge < -0.3 is 19.4 Å². The fourth-order valence-electron chi connectivity index (χ4n) is 4.24. The van der Waals surface area contributed by atoms with Crippen molar-refractivity contribution in [3.63, 3.8) is 0 Å². The van der Waals surface area contributed by atoms with Gasteiger partial charge in [-0.05, 0) is 71.8 Å². The Morgan fingerprint density at radius 2 is 1.16 bits per heavy atom. The topological polar surface area (TPSA) is 53.1 Å². The number of hydrogen-bond donors (Lipinski definition) is 0. The predicted octanol–water partition coefficient (Wildman–Crippen LogP) is 5.02. The van der Waals surface area contributed by atoms with Crippen molar-refractivity contribution in [1.29, 1.82) is 0 Å². The summed E-state index contributed by atoms with van der Waals surface area (Å²) in [6.45, 7) is 0.492. The van der Waals surface area contributed by atoms with Crippen LogP contribution >= 0.6 is 0 Å². The van der Waals surface area contributed by atoms with Gasteiger partial charge in [0.1, 0.15) is 5.75 Å². The summed E-state index contributed by atoms with van der Waals surface area (Å²) in [5.41, 5.74) is 5.72. The molecular formula is C31H33N3O3. The maximum Gasteiger partial charge on any atom is 0.254 e. The summed E-state index contributed by atoms with van der Waals surface area (Å²) >= 11 is 0. The van der Waals surface area contributed by atoms with Crippen LogP contribution in [-0.4, -0.2) is 65.0 Å². The highest BCUT2D eigenvalue weighted by atomic mass is 16.5. The molecule has 0 aromatic heterocycles. The number of amides is 1. The summed E-state index contributed by atoms with van der Waals surface area (Å²) in [6, 6.07) is 23.1. The quantitative estimate of drug-likeness (QED) is 0.450. The third-order valence-electron chi connectivity index (χ3n) is 6.43. The zero-order valence-corrected chi connectivity index (χ0v) is 22.1. The van der Waals surface area contributed by atoms with Gasteiger partial charge in [0.2, 0.25) is 0 Å². The van der Waals surface area contributed by atoms with Gasteiger partial charge in [-0.3, -0.25) is 9.59 Å². The van der Waals surface area contributed by atoms with Gasteiger partial charge in [-0.2, -0.15) is 0 Å². The third-order valence-corrected chi connectivity index (χ3v) is 6.43. The van der Waals surface area contributed by atoms with Gasteiger partial charge >= 0.3 is 0 Å². The minimum Gasteiger partial charge on any atom is -0.497 e. The van der Waals surface area contributed by atoms with Crippen molar-refractivity contribution in [2.24, 2.45) is 0 Å². The largest absolute Gasteiger partial charge is 0.497 e. The second-order valence-corrected chi connectivity index (χ2v) is 9.53. The van der Waals surface area contributed by atoms with Crippen molar-refractivity contribution in [2.45, 2.75) is 0 Å². The molecule has 0 N–H and O–H groups in total. The standard InChI is InChI=1S/C31H33N3O3/c1-32(2)27-12-6-22(7-13-27)18-25-20-34(31(36)24-10-16-29(37-5)17-11-24)21-26(30(25)35)19-23-8-14-28(15-9-23)33(3)4/h6-19H,20-21H2,1-5H3. The lowest BCUT2D eigenvalue weighted by atomic mass is 9.93. The van der Waals surface area contributed by atoms with Gasteiger partial charge in [0.25, 0.3) is 5.91 Å². The Kier molecular flexibility index (Phi) is 7.77. The maximum atomic E-state index is 13.6. The van der Waals surface area contributed by atoms with E-state index in [4.69, 9.17) is 4.74 Å². The molecule has 0 aliphatic carbocycles. The monoisotopic (exact) mass is 495 g/mol. The summed E-state index contributed by atoms with van der Waals surface area (Å²) in [6.07, 6.45) is 3.77. The van der Waals surface area contributed by atoms with E-state index in [0.29, 0.717) is 22.5 Å². The maximum absolute atomic E-state index is 13.6. The van der Waals surface area contributed by atoms with Crippen LogP contribution in [0.1, 0.15) is 21.5 Å². The lowest BCUT2D eigenvalue weighted by molar-refractivity contribution is -0.113. The Morgan fingerprint density at radius 3 is 1.54 bits per heavy atom. The first kappa shape index (κ1) is 25.8. The molecule has 1 saturated heterocycles. The molecule has 3 aromatic carbocycles. The number of nitrogens with zero attached hydrogens (tertiary/aromatic N) is 3. The zero-order valence-electron chi connectivity index (χ0n) is 22.1. The molecule has 1 fully saturated rings. The molecule has 1 aliphatic rings. The smallest absolute Gasteiger partial charge is 0.254 e. The average molecular weight is 496 g/mol. The van der Waals surface area contributed by atoms with E-state index < -0.39 is 0 Å². The van der Waals surface area contributed by atoms with Crippen LogP contribution in [0, 0.1) is 0 Å². The molecule has 1 amide bonds. The van der Waals surface area contributed by atoms with E-state index in [1.54, 1.807) is 36.3 Å². The number of methoxy groups -OCH3 is 1. The number of hydrogen-bond acceptors (Lipinski definition) is 5. The lowest BCUT2D eigenvalue weighted by Crippen LogP contribution is -2.41. The molecule has 3 aromatic rings. The third kappa shape index (κ3) is 6.09. The average Bonchev–Trinajstić information content (AvgIpc) is 2.91. The number of carbonyl (C=O) groups is 2. The van der Waals surface area contributed by atoms with E-state index in [1.165, 1.54) is 0 Å². The minimum atomic E-state index is -0.127.